The highest BCUT2D eigenvalue weighted by Crippen LogP contribution is 2.37. The van der Waals surface area contributed by atoms with Gasteiger partial charge in [-0.2, -0.15) is 0 Å². The minimum absolute atomic E-state index is 0.269. The van der Waals surface area contributed by atoms with E-state index < -0.39 is 0 Å². The van der Waals surface area contributed by atoms with Crippen LogP contribution < -0.4 is 10.1 Å². The largest absolute Gasteiger partial charge is 0.491 e. The number of anilines is 1. The molecule has 1 aliphatic rings. The van der Waals surface area contributed by atoms with Gasteiger partial charge in [-0.15, -0.1) is 0 Å². The fourth-order valence-electron chi connectivity index (χ4n) is 4.52. The summed E-state index contributed by atoms with van der Waals surface area (Å²) >= 11 is 0. The fraction of sp³-hybridized carbons (Fsp3) is 0.296. The van der Waals surface area contributed by atoms with Crippen LogP contribution in [0, 0.1) is 11.7 Å². The Morgan fingerprint density at radius 3 is 2.58 bits per heavy atom. The Labute approximate surface area is 193 Å². The van der Waals surface area contributed by atoms with Gasteiger partial charge in [0.2, 0.25) is 0 Å². The van der Waals surface area contributed by atoms with E-state index in [0.717, 1.165) is 27.6 Å². The first-order valence-electron chi connectivity index (χ1n) is 11.5. The first-order chi connectivity index (χ1) is 16.2. The normalized spacial score (nSPS) is 14.4. The van der Waals surface area contributed by atoms with Crippen molar-refractivity contribution in [3.63, 3.8) is 0 Å². The van der Waals surface area contributed by atoms with Gasteiger partial charge >= 0.3 is 0 Å². The Kier molecular flexibility index (Phi) is 6.15. The first-order valence-corrected chi connectivity index (χ1v) is 11.5. The summed E-state index contributed by atoms with van der Waals surface area (Å²) in [5.41, 5.74) is 3.24. The lowest BCUT2D eigenvalue weighted by atomic mass is 9.90. The number of nitrogens with one attached hydrogen (secondary N) is 1. The minimum Gasteiger partial charge on any atom is -0.491 e. The molecule has 5 rings (SSSR count). The van der Waals surface area contributed by atoms with Crippen molar-refractivity contribution >= 4 is 16.7 Å². The van der Waals surface area contributed by atoms with Crippen molar-refractivity contribution in [2.75, 3.05) is 19.0 Å². The molecule has 0 radical (unpaired) electrons. The zero-order valence-electron chi connectivity index (χ0n) is 18.7. The molecule has 6 heteroatoms. The third kappa shape index (κ3) is 4.65. The molecule has 2 aromatic carbocycles. The van der Waals surface area contributed by atoms with Gasteiger partial charge in [0.15, 0.2) is 5.82 Å². The zero-order valence-corrected chi connectivity index (χ0v) is 18.7. The molecule has 4 aromatic rings. The number of halogens is 1. The molecule has 0 spiro atoms. The third-order valence-electron chi connectivity index (χ3n) is 6.28. The minimum atomic E-state index is -0.269. The molecule has 0 amide bonds. The lowest BCUT2D eigenvalue weighted by Gasteiger charge is -2.22. The number of benzene rings is 2. The van der Waals surface area contributed by atoms with Crippen LogP contribution in [0.2, 0.25) is 0 Å². The van der Waals surface area contributed by atoms with Crippen molar-refractivity contribution in [1.29, 1.82) is 0 Å². The smallest absolute Gasteiger partial charge is 0.163 e. The van der Waals surface area contributed by atoms with Gasteiger partial charge in [0, 0.05) is 30.4 Å². The van der Waals surface area contributed by atoms with Crippen molar-refractivity contribution in [1.82, 2.24) is 15.0 Å². The molecular weight excluding hydrogens is 415 g/mol. The van der Waals surface area contributed by atoms with Crippen molar-refractivity contribution in [3.8, 4) is 28.3 Å². The van der Waals surface area contributed by atoms with E-state index in [1.165, 1.54) is 44.2 Å². The molecule has 2 heterocycles. The topological polar surface area (TPSA) is 59.9 Å². The third-order valence-corrected chi connectivity index (χ3v) is 6.28. The van der Waals surface area contributed by atoms with Crippen LogP contribution in [0.15, 0.2) is 60.9 Å². The molecular formula is C27H27FN4O. The van der Waals surface area contributed by atoms with Gasteiger partial charge in [-0.1, -0.05) is 31.4 Å². The summed E-state index contributed by atoms with van der Waals surface area (Å²) in [6.07, 6.45) is 9.70. The van der Waals surface area contributed by atoms with Gasteiger partial charge in [0.05, 0.1) is 6.61 Å². The SMILES string of the molecule is CNc1nc(-c2cccnc2)nc2c(OCC3CCCCC3)cc(-c3cccc(F)c3)cc12. The predicted molar refractivity (Wildman–Crippen MR) is 130 cm³/mol. The average Bonchev–Trinajstić information content (AvgIpc) is 2.87. The van der Waals surface area contributed by atoms with E-state index in [4.69, 9.17) is 14.7 Å². The lowest BCUT2D eigenvalue weighted by molar-refractivity contribution is 0.210. The second kappa shape index (κ2) is 9.53. The quantitative estimate of drug-likeness (QED) is 0.369. The number of hydrogen-bond acceptors (Lipinski definition) is 5. The summed E-state index contributed by atoms with van der Waals surface area (Å²) < 4.78 is 20.4. The van der Waals surface area contributed by atoms with Crippen molar-refractivity contribution < 1.29 is 9.13 Å². The van der Waals surface area contributed by atoms with Gasteiger partial charge in [-0.05, 0) is 66.3 Å². The molecule has 0 bridgehead atoms. The van der Waals surface area contributed by atoms with Crippen LogP contribution in [-0.4, -0.2) is 28.6 Å². The molecule has 0 aliphatic heterocycles. The summed E-state index contributed by atoms with van der Waals surface area (Å²) in [6.45, 7) is 0.656. The first kappa shape index (κ1) is 21.3. The molecule has 2 aromatic heterocycles. The summed E-state index contributed by atoms with van der Waals surface area (Å²) in [5.74, 6) is 2.26. The van der Waals surface area contributed by atoms with Crippen LogP contribution in [0.25, 0.3) is 33.4 Å². The molecule has 33 heavy (non-hydrogen) atoms. The maximum Gasteiger partial charge on any atom is 0.163 e. The lowest BCUT2D eigenvalue weighted by Crippen LogP contribution is -2.15. The highest BCUT2D eigenvalue weighted by atomic mass is 19.1. The van der Waals surface area contributed by atoms with Crippen LogP contribution >= 0.6 is 0 Å². The van der Waals surface area contributed by atoms with E-state index in [1.54, 1.807) is 18.5 Å². The Morgan fingerprint density at radius 1 is 0.970 bits per heavy atom. The molecule has 0 unspecified atom stereocenters. The van der Waals surface area contributed by atoms with Crippen LogP contribution in [0.5, 0.6) is 5.75 Å². The Hall–Kier alpha value is -3.54. The Morgan fingerprint density at radius 2 is 1.82 bits per heavy atom. The van der Waals surface area contributed by atoms with Crippen LogP contribution in [0.3, 0.4) is 0 Å². The fourth-order valence-corrected chi connectivity index (χ4v) is 4.52. The average molecular weight is 443 g/mol. The molecule has 1 N–H and O–H groups in total. The van der Waals surface area contributed by atoms with E-state index >= 15 is 0 Å². The van der Waals surface area contributed by atoms with Gasteiger partial charge in [0.25, 0.3) is 0 Å². The summed E-state index contributed by atoms with van der Waals surface area (Å²) in [4.78, 5) is 13.8. The highest BCUT2D eigenvalue weighted by Gasteiger charge is 2.18. The number of hydrogen-bond donors (Lipinski definition) is 1. The highest BCUT2D eigenvalue weighted by molar-refractivity contribution is 5.97. The number of rotatable bonds is 6. The monoisotopic (exact) mass is 442 g/mol. The number of ether oxygens (including phenoxy) is 1. The maximum absolute atomic E-state index is 14.0. The van der Waals surface area contributed by atoms with E-state index in [2.05, 4.69) is 10.3 Å². The second-order valence-electron chi connectivity index (χ2n) is 8.58. The summed E-state index contributed by atoms with van der Waals surface area (Å²) in [7, 11) is 1.84. The number of fused-ring (bicyclic) bond motifs is 1. The van der Waals surface area contributed by atoms with E-state index in [9.17, 15) is 4.39 Å². The Balaban J connectivity index is 1.64. The molecule has 1 saturated carbocycles. The second-order valence-corrected chi connectivity index (χ2v) is 8.58. The van der Waals surface area contributed by atoms with Gasteiger partial charge in [0.1, 0.15) is 22.9 Å². The molecule has 5 nitrogen and oxygen atoms in total. The van der Waals surface area contributed by atoms with E-state index in [-0.39, 0.29) is 5.82 Å². The standard InChI is InChI=1S/C27H27FN4O/c1-29-27-23-14-21(19-9-5-11-22(28)13-19)15-24(33-17-18-7-3-2-4-8-18)25(23)31-26(32-27)20-10-6-12-30-16-20/h5-6,9-16,18H,2-4,7-8,17H2,1H3,(H,29,31,32). The van der Waals surface area contributed by atoms with E-state index in [0.29, 0.717) is 29.9 Å². The summed E-state index contributed by atoms with van der Waals surface area (Å²) in [5, 5.41) is 4.04. The van der Waals surface area contributed by atoms with Crippen LogP contribution in [0.4, 0.5) is 10.2 Å². The molecule has 1 fully saturated rings. The van der Waals surface area contributed by atoms with Gasteiger partial charge in [-0.3, -0.25) is 4.98 Å². The predicted octanol–water partition coefficient (Wildman–Crippen LogP) is 6.50. The summed E-state index contributed by atoms with van der Waals surface area (Å²) in [6, 6.07) is 14.4. The zero-order chi connectivity index (χ0) is 22.6. The number of aromatic nitrogens is 3. The molecule has 168 valence electrons. The van der Waals surface area contributed by atoms with Crippen molar-refractivity contribution in [2.45, 2.75) is 32.1 Å². The molecule has 0 saturated heterocycles. The number of pyridine rings is 1. The maximum atomic E-state index is 14.0. The van der Waals surface area contributed by atoms with Gasteiger partial charge in [-0.25, -0.2) is 14.4 Å². The van der Waals surface area contributed by atoms with Gasteiger partial charge < -0.3 is 10.1 Å². The van der Waals surface area contributed by atoms with E-state index in [1.807, 2.05) is 37.4 Å². The van der Waals surface area contributed by atoms with Crippen LogP contribution in [-0.2, 0) is 0 Å². The number of nitrogens with zero attached hydrogens (tertiary/aromatic N) is 3. The van der Waals surface area contributed by atoms with Crippen molar-refractivity contribution in [3.05, 3.63) is 66.7 Å². The Bertz CT molecular complexity index is 1260. The van der Waals surface area contributed by atoms with Crippen LogP contribution in [0.1, 0.15) is 32.1 Å². The molecule has 1 aliphatic carbocycles. The molecule has 0 atom stereocenters. The van der Waals surface area contributed by atoms with Crippen molar-refractivity contribution in [2.24, 2.45) is 5.92 Å².